The molecule has 2 N–H and O–H groups in total. The van der Waals surface area contributed by atoms with Crippen LogP contribution in [0.15, 0.2) is 0 Å². The van der Waals surface area contributed by atoms with Crippen LogP contribution >= 0.6 is 0 Å². The minimum Gasteiger partial charge on any atom is -0.340 e. The lowest BCUT2D eigenvalue weighted by atomic mass is 9.94. The Kier molecular flexibility index (Phi) is 8.15. The second-order valence-corrected chi connectivity index (χ2v) is 6.09. The van der Waals surface area contributed by atoms with Gasteiger partial charge in [0.25, 0.3) is 0 Å². The van der Waals surface area contributed by atoms with Crippen molar-refractivity contribution in [2.24, 2.45) is 11.7 Å². The van der Waals surface area contributed by atoms with Crippen molar-refractivity contribution in [1.29, 1.82) is 0 Å². The largest absolute Gasteiger partial charge is 0.340 e. The highest BCUT2D eigenvalue weighted by atomic mass is 16.2. The van der Waals surface area contributed by atoms with Gasteiger partial charge in [-0.1, -0.05) is 26.7 Å². The Hall–Kier alpha value is -0.610. The Labute approximate surface area is 124 Å². The van der Waals surface area contributed by atoms with Gasteiger partial charge in [-0.2, -0.15) is 0 Å². The van der Waals surface area contributed by atoms with Crippen molar-refractivity contribution in [3.05, 3.63) is 0 Å². The summed E-state index contributed by atoms with van der Waals surface area (Å²) in [5.41, 5.74) is 5.66. The van der Waals surface area contributed by atoms with E-state index in [1.54, 1.807) is 0 Å². The molecule has 2 unspecified atom stereocenters. The first kappa shape index (κ1) is 17.4. The minimum atomic E-state index is 0.339. The fourth-order valence-electron chi connectivity index (χ4n) is 3.25. The maximum Gasteiger partial charge on any atom is 0.222 e. The Morgan fingerprint density at radius 1 is 1.25 bits per heavy atom. The van der Waals surface area contributed by atoms with Crippen LogP contribution in [0.3, 0.4) is 0 Å². The number of nitrogens with two attached hydrogens (primary N) is 1. The third-order valence-corrected chi connectivity index (χ3v) is 4.56. The van der Waals surface area contributed by atoms with E-state index >= 15 is 0 Å². The van der Waals surface area contributed by atoms with Crippen LogP contribution in [-0.4, -0.2) is 54.5 Å². The molecule has 1 amide bonds. The molecule has 118 valence electrons. The van der Waals surface area contributed by atoms with Gasteiger partial charge in [0, 0.05) is 32.1 Å². The van der Waals surface area contributed by atoms with Gasteiger partial charge in [0.05, 0.1) is 0 Å². The molecule has 0 bridgehead atoms. The molecule has 4 heteroatoms. The lowest BCUT2D eigenvalue weighted by Gasteiger charge is -2.39. The Morgan fingerprint density at radius 2 is 2.00 bits per heavy atom. The molecule has 0 aromatic carbocycles. The highest BCUT2D eigenvalue weighted by Crippen LogP contribution is 2.18. The molecule has 0 spiro atoms. The summed E-state index contributed by atoms with van der Waals surface area (Å²) in [7, 11) is 0. The molecule has 1 aliphatic heterocycles. The van der Waals surface area contributed by atoms with Crippen molar-refractivity contribution in [3.8, 4) is 0 Å². The zero-order valence-corrected chi connectivity index (χ0v) is 13.6. The molecule has 1 saturated heterocycles. The molecule has 1 aliphatic rings. The maximum atomic E-state index is 12.3. The number of rotatable bonds is 8. The smallest absolute Gasteiger partial charge is 0.222 e. The first-order valence-electron chi connectivity index (χ1n) is 8.34. The SMILES string of the molecule is CCCC(CCN)CCC(=O)N1CCN(CC)C(C)C1. The molecule has 1 fully saturated rings. The van der Waals surface area contributed by atoms with Crippen molar-refractivity contribution in [3.63, 3.8) is 0 Å². The molecule has 0 aliphatic carbocycles. The number of carbonyl (C=O) groups is 1. The van der Waals surface area contributed by atoms with Crippen molar-refractivity contribution < 1.29 is 4.79 Å². The van der Waals surface area contributed by atoms with Gasteiger partial charge >= 0.3 is 0 Å². The standard InChI is InChI=1S/C16H33N3O/c1-4-6-15(9-10-17)7-8-16(20)19-12-11-18(5-2)14(3)13-19/h14-15H,4-13,17H2,1-3H3. The van der Waals surface area contributed by atoms with Gasteiger partial charge in [0.1, 0.15) is 0 Å². The summed E-state index contributed by atoms with van der Waals surface area (Å²) >= 11 is 0. The monoisotopic (exact) mass is 283 g/mol. The summed E-state index contributed by atoms with van der Waals surface area (Å²) in [6, 6.07) is 0.494. The lowest BCUT2D eigenvalue weighted by Crippen LogP contribution is -2.53. The Balaban J connectivity index is 2.35. The summed E-state index contributed by atoms with van der Waals surface area (Å²) in [6.07, 6.45) is 5.15. The van der Waals surface area contributed by atoms with E-state index in [4.69, 9.17) is 5.73 Å². The number of carbonyl (C=O) groups excluding carboxylic acids is 1. The molecule has 4 nitrogen and oxygen atoms in total. The zero-order valence-electron chi connectivity index (χ0n) is 13.6. The molecule has 20 heavy (non-hydrogen) atoms. The molecular formula is C16H33N3O. The number of likely N-dealkylation sites (N-methyl/N-ethyl adjacent to an activating group) is 1. The molecule has 2 atom stereocenters. The highest BCUT2D eigenvalue weighted by molar-refractivity contribution is 5.76. The van der Waals surface area contributed by atoms with Crippen LogP contribution in [0, 0.1) is 5.92 Å². The second-order valence-electron chi connectivity index (χ2n) is 6.09. The van der Waals surface area contributed by atoms with Crippen LogP contribution in [-0.2, 0) is 4.79 Å². The first-order valence-corrected chi connectivity index (χ1v) is 8.34. The van der Waals surface area contributed by atoms with E-state index in [1.165, 1.54) is 12.8 Å². The van der Waals surface area contributed by atoms with Crippen LogP contribution in [0.25, 0.3) is 0 Å². The number of hydrogen-bond donors (Lipinski definition) is 1. The van der Waals surface area contributed by atoms with E-state index in [0.29, 0.717) is 24.3 Å². The maximum absolute atomic E-state index is 12.3. The minimum absolute atomic E-state index is 0.339. The molecule has 0 aromatic heterocycles. The Bertz CT molecular complexity index is 277. The molecule has 0 aromatic rings. The van der Waals surface area contributed by atoms with Gasteiger partial charge < -0.3 is 10.6 Å². The van der Waals surface area contributed by atoms with Gasteiger partial charge in [-0.3, -0.25) is 9.69 Å². The van der Waals surface area contributed by atoms with E-state index < -0.39 is 0 Å². The number of nitrogens with zero attached hydrogens (tertiary/aromatic N) is 2. The summed E-state index contributed by atoms with van der Waals surface area (Å²) in [5, 5.41) is 0. The van der Waals surface area contributed by atoms with Crippen LogP contribution in [0.1, 0.15) is 52.9 Å². The van der Waals surface area contributed by atoms with E-state index in [1.807, 2.05) is 0 Å². The van der Waals surface area contributed by atoms with Gasteiger partial charge in [-0.15, -0.1) is 0 Å². The van der Waals surface area contributed by atoms with Gasteiger partial charge in [0.2, 0.25) is 5.91 Å². The first-order chi connectivity index (χ1) is 9.62. The zero-order chi connectivity index (χ0) is 15.0. The molecule has 1 heterocycles. The quantitative estimate of drug-likeness (QED) is 0.742. The number of piperazine rings is 1. The number of hydrogen-bond acceptors (Lipinski definition) is 3. The van der Waals surface area contributed by atoms with E-state index in [2.05, 4.69) is 30.6 Å². The van der Waals surface area contributed by atoms with Gasteiger partial charge in [0.15, 0.2) is 0 Å². The van der Waals surface area contributed by atoms with Gasteiger partial charge in [-0.25, -0.2) is 0 Å². The van der Waals surface area contributed by atoms with Crippen molar-refractivity contribution in [2.75, 3.05) is 32.7 Å². The van der Waals surface area contributed by atoms with Crippen molar-refractivity contribution in [2.45, 2.75) is 58.9 Å². The topological polar surface area (TPSA) is 49.6 Å². The number of amides is 1. The molecular weight excluding hydrogens is 250 g/mol. The highest BCUT2D eigenvalue weighted by Gasteiger charge is 2.25. The van der Waals surface area contributed by atoms with Gasteiger partial charge in [-0.05, 0) is 38.8 Å². The summed E-state index contributed by atoms with van der Waals surface area (Å²) in [6.45, 7) is 11.2. The van der Waals surface area contributed by atoms with Crippen LogP contribution < -0.4 is 5.73 Å². The van der Waals surface area contributed by atoms with Crippen LogP contribution in [0.4, 0.5) is 0 Å². The lowest BCUT2D eigenvalue weighted by molar-refractivity contribution is -0.134. The summed E-state index contributed by atoms with van der Waals surface area (Å²) < 4.78 is 0. The molecule has 0 saturated carbocycles. The average Bonchev–Trinajstić information content (AvgIpc) is 2.44. The summed E-state index contributed by atoms with van der Waals surface area (Å²) in [5.74, 6) is 0.967. The van der Waals surface area contributed by atoms with Crippen molar-refractivity contribution in [1.82, 2.24) is 9.80 Å². The predicted molar refractivity (Wildman–Crippen MR) is 84.6 cm³/mol. The Morgan fingerprint density at radius 3 is 2.55 bits per heavy atom. The fourth-order valence-corrected chi connectivity index (χ4v) is 3.25. The predicted octanol–water partition coefficient (Wildman–Crippen LogP) is 2.08. The van der Waals surface area contributed by atoms with E-state index in [0.717, 1.165) is 45.6 Å². The van der Waals surface area contributed by atoms with E-state index in [-0.39, 0.29) is 0 Å². The summed E-state index contributed by atoms with van der Waals surface area (Å²) in [4.78, 5) is 16.8. The second kappa shape index (κ2) is 9.35. The third kappa shape index (κ3) is 5.41. The molecule has 1 rings (SSSR count). The molecule has 0 radical (unpaired) electrons. The van der Waals surface area contributed by atoms with Crippen molar-refractivity contribution >= 4 is 5.91 Å². The normalized spacial score (nSPS) is 22.0. The average molecular weight is 283 g/mol. The fraction of sp³-hybridized carbons (Fsp3) is 0.938. The van der Waals surface area contributed by atoms with E-state index in [9.17, 15) is 4.79 Å². The van der Waals surface area contributed by atoms with Crippen LogP contribution in [0.5, 0.6) is 0 Å². The van der Waals surface area contributed by atoms with Crippen LogP contribution in [0.2, 0.25) is 0 Å². The third-order valence-electron chi connectivity index (χ3n) is 4.56.